The van der Waals surface area contributed by atoms with Gasteiger partial charge in [-0.25, -0.2) is 14.2 Å². The number of ketones is 1. The molecule has 1 aromatic heterocycles. The van der Waals surface area contributed by atoms with Crippen LogP contribution in [0.5, 0.6) is 0 Å². The van der Waals surface area contributed by atoms with Crippen molar-refractivity contribution in [1.29, 1.82) is 5.26 Å². The Morgan fingerprint density at radius 3 is 2.70 bits per heavy atom. The minimum Gasteiger partial charge on any atom is -0.283 e. The van der Waals surface area contributed by atoms with Crippen LogP contribution in [0.2, 0.25) is 0 Å². The molecule has 2 bridgehead atoms. The van der Waals surface area contributed by atoms with Crippen molar-refractivity contribution in [2.24, 2.45) is 0 Å². The highest BCUT2D eigenvalue weighted by Crippen LogP contribution is 2.46. The third-order valence-electron chi connectivity index (χ3n) is 6.15. The average molecular weight is 416 g/mol. The van der Waals surface area contributed by atoms with Gasteiger partial charge in [0.15, 0.2) is 12.1 Å². The van der Waals surface area contributed by atoms with Crippen LogP contribution in [-0.4, -0.2) is 70.1 Å². The Morgan fingerprint density at radius 2 is 2.00 bits per heavy atom. The molecular formula is C19H13F3N5O3+. The highest BCUT2D eigenvalue weighted by Gasteiger charge is 2.75. The van der Waals surface area contributed by atoms with E-state index in [1.807, 2.05) is 6.07 Å². The van der Waals surface area contributed by atoms with Crippen molar-refractivity contribution in [3.63, 3.8) is 0 Å². The lowest BCUT2D eigenvalue weighted by molar-refractivity contribution is -0.853. The number of alkyl halides is 3. The van der Waals surface area contributed by atoms with Gasteiger partial charge in [0, 0.05) is 11.6 Å². The number of fused-ring (bicyclic) bond motifs is 2. The van der Waals surface area contributed by atoms with Gasteiger partial charge < -0.3 is 0 Å². The Bertz CT molecular complexity index is 1190. The number of carbonyl (C=O) groups excluding carboxylic acids is 3. The van der Waals surface area contributed by atoms with Gasteiger partial charge in [-0.2, -0.15) is 23.3 Å². The Hall–Kier alpha value is -3.36. The van der Waals surface area contributed by atoms with E-state index < -0.39 is 40.5 Å². The quantitative estimate of drug-likeness (QED) is 0.545. The Kier molecular flexibility index (Phi) is 3.63. The molecule has 1 spiro atoms. The number of nitrogens with zero attached hydrogens (tertiary/aromatic N) is 5. The lowest BCUT2D eigenvalue weighted by Gasteiger charge is -2.33. The lowest BCUT2D eigenvalue weighted by Crippen LogP contribution is -2.64. The number of anilines is 1. The average Bonchev–Trinajstić information content (AvgIpc) is 3.35. The molecule has 0 radical (unpaired) electrons. The molecule has 0 saturated carbocycles. The summed E-state index contributed by atoms with van der Waals surface area (Å²) in [6, 6.07) is 4.34. The van der Waals surface area contributed by atoms with E-state index in [-0.39, 0.29) is 36.5 Å². The zero-order valence-electron chi connectivity index (χ0n) is 15.3. The molecule has 8 nitrogen and oxygen atoms in total. The summed E-state index contributed by atoms with van der Waals surface area (Å²) in [6.45, 7) is -0.239. The van der Waals surface area contributed by atoms with Crippen LogP contribution in [-0.2, 0) is 9.59 Å². The van der Waals surface area contributed by atoms with Crippen molar-refractivity contribution in [3.05, 3.63) is 36.0 Å². The number of halogens is 3. The number of aromatic nitrogens is 1. The first kappa shape index (κ1) is 18.7. The summed E-state index contributed by atoms with van der Waals surface area (Å²) < 4.78 is 38.7. The normalized spacial score (nSPS) is 30.1. The van der Waals surface area contributed by atoms with Gasteiger partial charge in [0.25, 0.3) is 11.7 Å². The number of piperazine rings is 1. The fraction of sp³-hybridized carbons (Fsp3) is 0.316. The van der Waals surface area contributed by atoms with Crippen LogP contribution in [0, 0.1) is 11.3 Å². The first-order valence-electron chi connectivity index (χ1n) is 9.07. The second-order valence-electron chi connectivity index (χ2n) is 7.60. The van der Waals surface area contributed by atoms with Crippen molar-refractivity contribution >= 4 is 34.3 Å². The number of Topliss-reactive ketones (excluding diaryl/α,β-unsaturated/α-hetero) is 1. The van der Waals surface area contributed by atoms with Crippen LogP contribution in [0.3, 0.4) is 0 Å². The molecule has 11 heteroatoms. The second-order valence-corrected chi connectivity index (χ2v) is 7.60. The van der Waals surface area contributed by atoms with Gasteiger partial charge in [0.05, 0.1) is 29.9 Å². The highest BCUT2D eigenvalue weighted by molar-refractivity contribution is 6.22. The number of hydrogen-bond acceptors (Lipinski definition) is 6. The number of quaternary nitrogens is 1. The summed E-state index contributed by atoms with van der Waals surface area (Å²) in [5.41, 5.74) is 0.653. The van der Waals surface area contributed by atoms with E-state index in [4.69, 9.17) is 0 Å². The smallest absolute Gasteiger partial charge is 0.283 e. The number of urea groups is 1. The molecule has 30 heavy (non-hydrogen) atoms. The summed E-state index contributed by atoms with van der Waals surface area (Å²) in [4.78, 5) is 45.3. The van der Waals surface area contributed by atoms with Gasteiger partial charge >= 0.3 is 12.2 Å². The molecule has 1 aromatic carbocycles. The van der Waals surface area contributed by atoms with Crippen LogP contribution < -0.4 is 4.90 Å². The molecule has 4 heterocycles. The predicted octanol–water partition coefficient (Wildman–Crippen LogP) is 1.55. The fourth-order valence-electron chi connectivity index (χ4n) is 4.89. The molecule has 5 rings (SSSR count). The van der Waals surface area contributed by atoms with Gasteiger partial charge in [0.2, 0.25) is 0 Å². The van der Waals surface area contributed by atoms with Gasteiger partial charge in [0.1, 0.15) is 12.7 Å². The van der Waals surface area contributed by atoms with Gasteiger partial charge in [-0.15, -0.1) is 0 Å². The predicted molar refractivity (Wildman–Crippen MR) is 94.7 cm³/mol. The van der Waals surface area contributed by atoms with E-state index in [1.54, 1.807) is 17.0 Å². The topological polar surface area (TPSA) is 94.4 Å². The van der Waals surface area contributed by atoms with Gasteiger partial charge in [-0.3, -0.25) is 14.6 Å². The first-order valence-corrected chi connectivity index (χ1v) is 9.07. The Morgan fingerprint density at radius 1 is 1.23 bits per heavy atom. The van der Waals surface area contributed by atoms with Crippen LogP contribution in [0.15, 0.2) is 30.5 Å². The number of rotatable bonds is 2. The van der Waals surface area contributed by atoms with E-state index in [2.05, 4.69) is 4.98 Å². The molecule has 3 aliphatic heterocycles. The SMILES string of the molecule is N#Cc1ccc(N2C(=O)C3CN4CC(C(=O)C(F)(F)F)[N+]3(C4)C2=O)c2cccnc12. The second kappa shape index (κ2) is 5.84. The third kappa shape index (κ3) is 2.17. The number of benzene rings is 1. The van der Waals surface area contributed by atoms with E-state index in [0.717, 1.165) is 4.90 Å². The van der Waals surface area contributed by atoms with Crippen LogP contribution in [0.25, 0.3) is 10.9 Å². The Balaban J connectivity index is 1.66. The summed E-state index contributed by atoms with van der Waals surface area (Å²) in [5.74, 6) is -2.65. The van der Waals surface area contributed by atoms with Crippen LogP contribution in [0.4, 0.5) is 23.7 Å². The number of pyridine rings is 1. The van der Waals surface area contributed by atoms with E-state index >= 15 is 0 Å². The summed E-state index contributed by atoms with van der Waals surface area (Å²) in [5, 5.41) is 9.65. The molecule has 3 aliphatic rings. The minimum absolute atomic E-state index is 0.106. The highest BCUT2D eigenvalue weighted by atomic mass is 19.4. The molecule has 4 atom stereocenters. The number of hydrogen-bond donors (Lipinski definition) is 0. The van der Waals surface area contributed by atoms with Crippen molar-refractivity contribution < 1.29 is 32.0 Å². The molecule has 152 valence electrons. The largest absolute Gasteiger partial charge is 0.456 e. The molecule has 2 aromatic rings. The maximum atomic E-state index is 13.5. The first-order chi connectivity index (χ1) is 14.2. The van der Waals surface area contributed by atoms with E-state index in [0.29, 0.717) is 5.39 Å². The van der Waals surface area contributed by atoms with Crippen molar-refractivity contribution in [2.75, 3.05) is 24.7 Å². The standard InChI is InChI=1S/C19H13F3N5O3/c20-19(21,22)16(28)13-7-25-8-14-17(29)26(18(30)27(13,14)9-25)12-4-3-10(6-23)15-11(12)2-1-5-24-15/h1-5,13-14H,7-9H2/q+1. The summed E-state index contributed by atoms with van der Waals surface area (Å²) in [7, 11) is 0. The summed E-state index contributed by atoms with van der Waals surface area (Å²) >= 11 is 0. The van der Waals surface area contributed by atoms with Crippen LogP contribution in [0.1, 0.15) is 5.56 Å². The molecule has 0 aliphatic carbocycles. The zero-order valence-corrected chi connectivity index (χ0v) is 15.3. The van der Waals surface area contributed by atoms with Crippen molar-refractivity contribution in [3.8, 4) is 6.07 Å². The van der Waals surface area contributed by atoms with Gasteiger partial charge in [-0.1, -0.05) is 0 Å². The zero-order chi connectivity index (χ0) is 21.4. The number of imide groups is 1. The summed E-state index contributed by atoms with van der Waals surface area (Å²) in [6.07, 6.45) is -3.65. The van der Waals surface area contributed by atoms with E-state index in [9.17, 15) is 32.8 Å². The monoisotopic (exact) mass is 416 g/mol. The third-order valence-corrected chi connectivity index (χ3v) is 6.15. The molecule has 0 N–H and O–H groups in total. The van der Waals surface area contributed by atoms with Crippen molar-refractivity contribution in [1.82, 2.24) is 9.88 Å². The molecule has 4 unspecified atom stereocenters. The molecule has 3 amide bonds. The minimum atomic E-state index is -5.10. The fourth-order valence-corrected chi connectivity index (χ4v) is 4.89. The van der Waals surface area contributed by atoms with Gasteiger partial charge in [-0.05, 0) is 24.3 Å². The Labute approximate surface area is 167 Å². The number of nitriles is 1. The van der Waals surface area contributed by atoms with E-state index in [1.165, 1.54) is 18.3 Å². The number of amides is 3. The lowest BCUT2D eigenvalue weighted by atomic mass is 10.0. The maximum absolute atomic E-state index is 13.5. The molecular weight excluding hydrogens is 403 g/mol. The van der Waals surface area contributed by atoms with Crippen molar-refractivity contribution in [2.45, 2.75) is 18.3 Å². The molecule has 3 saturated heterocycles. The molecule has 3 fully saturated rings. The van der Waals surface area contributed by atoms with Crippen LogP contribution >= 0.6 is 0 Å². The number of carbonyl (C=O) groups is 3. The maximum Gasteiger partial charge on any atom is 0.456 e.